The Hall–Kier alpha value is -2.06. The van der Waals surface area contributed by atoms with Crippen molar-refractivity contribution >= 4 is 46.3 Å². The molecule has 0 aromatic heterocycles. The predicted molar refractivity (Wildman–Crippen MR) is 138 cm³/mol. The summed E-state index contributed by atoms with van der Waals surface area (Å²) in [5.74, 6) is -0.0462. The van der Waals surface area contributed by atoms with Gasteiger partial charge >= 0.3 is 5.97 Å². The molecule has 1 fully saturated rings. The number of carbonyl (C=O) groups excluding carboxylic acids is 1. The maximum Gasteiger partial charge on any atom is 0.326 e. The van der Waals surface area contributed by atoms with Crippen LogP contribution in [0.2, 0.25) is 0 Å². The largest absolute Gasteiger partial charge is 0.493 e. The van der Waals surface area contributed by atoms with Gasteiger partial charge in [0.15, 0.2) is 11.5 Å². The molecule has 182 valence electrons. The van der Waals surface area contributed by atoms with Gasteiger partial charge in [0.1, 0.15) is 10.4 Å². The molecule has 1 aliphatic rings. The summed E-state index contributed by atoms with van der Waals surface area (Å²) < 4.78 is 11.6. The maximum absolute atomic E-state index is 13.0. The minimum Gasteiger partial charge on any atom is -0.493 e. The minimum atomic E-state index is -1.05. The third kappa shape index (κ3) is 8.03. The Morgan fingerprint density at radius 3 is 2.52 bits per heavy atom. The van der Waals surface area contributed by atoms with Gasteiger partial charge in [0.2, 0.25) is 0 Å². The van der Waals surface area contributed by atoms with Crippen molar-refractivity contribution in [2.24, 2.45) is 5.92 Å². The zero-order valence-electron chi connectivity index (χ0n) is 20.0. The topological polar surface area (TPSA) is 76.1 Å². The molecule has 1 unspecified atom stereocenters. The van der Waals surface area contributed by atoms with Crippen LogP contribution in [0.3, 0.4) is 0 Å². The first-order valence-electron chi connectivity index (χ1n) is 11.6. The third-order valence-corrected chi connectivity index (χ3v) is 6.69. The summed E-state index contributed by atoms with van der Waals surface area (Å²) in [6.45, 7) is 6.69. The predicted octanol–water partition coefficient (Wildman–Crippen LogP) is 6.14. The number of thioether (sulfide) groups is 1. The fourth-order valence-electron chi connectivity index (χ4n) is 3.62. The van der Waals surface area contributed by atoms with Gasteiger partial charge in [-0.05, 0) is 42.5 Å². The molecular weight excluding hydrogens is 458 g/mol. The smallest absolute Gasteiger partial charge is 0.326 e. The standard InChI is InChI=1S/C25H35NO5S2/c1-5-6-7-8-9-10-13-31-20-12-11-18(15-21(20)30-4)16-22-23(27)26(25(32)33-22)19(24(28)29)14-17(2)3/h11-12,15-17,19H,5-10,13-14H2,1-4H3,(H,28,29)/b22-16-. The van der Waals surface area contributed by atoms with Crippen molar-refractivity contribution in [2.45, 2.75) is 71.8 Å². The second kappa shape index (κ2) is 13.6. The van der Waals surface area contributed by atoms with Crippen LogP contribution < -0.4 is 9.47 Å². The van der Waals surface area contributed by atoms with Crippen molar-refractivity contribution < 1.29 is 24.2 Å². The Kier molecular flexibility index (Phi) is 11.2. The lowest BCUT2D eigenvalue weighted by Crippen LogP contribution is -2.44. The average molecular weight is 494 g/mol. The molecule has 1 aromatic carbocycles. The monoisotopic (exact) mass is 493 g/mol. The number of carboxylic acids is 1. The summed E-state index contributed by atoms with van der Waals surface area (Å²) >= 11 is 6.47. The molecule has 33 heavy (non-hydrogen) atoms. The fraction of sp³-hybridized carbons (Fsp3) is 0.560. The van der Waals surface area contributed by atoms with E-state index in [1.807, 2.05) is 32.0 Å². The van der Waals surface area contributed by atoms with Crippen LogP contribution in [0.15, 0.2) is 23.1 Å². The Morgan fingerprint density at radius 2 is 1.88 bits per heavy atom. The van der Waals surface area contributed by atoms with Gasteiger partial charge in [-0.25, -0.2) is 4.79 Å². The number of carboxylic acid groups (broad SMARTS) is 1. The number of benzene rings is 1. The molecule has 0 aliphatic carbocycles. The number of methoxy groups -OCH3 is 1. The number of nitrogens with zero attached hydrogens (tertiary/aromatic N) is 1. The quantitative estimate of drug-likeness (QED) is 0.190. The van der Waals surface area contributed by atoms with E-state index in [0.717, 1.165) is 30.2 Å². The molecule has 8 heteroatoms. The van der Waals surface area contributed by atoms with Crippen LogP contribution in [-0.2, 0) is 9.59 Å². The fourth-order valence-corrected chi connectivity index (χ4v) is 4.98. The lowest BCUT2D eigenvalue weighted by Gasteiger charge is -2.24. The summed E-state index contributed by atoms with van der Waals surface area (Å²) in [5.41, 5.74) is 0.759. The summed E-state index contributed by atoms with van der Waals surface area (Å²) in [5, 5.41) is 9.62. The SMILES string of the molecule is CCCCCCCCOc1ccc(/C=C2\SC(=S)N(C(CC(C)C)C(=O)O)C2=O)cc1OC. The van der Waals surface area contributed by atoms with Crippen LogP contribution in [-0.4, -0.2) is 46.0 Å². The van der Waals surface area contributed by atoms with Crippen molar-refractivity contribution in [3.63, 3.8) is 0 Å². The Balaban J connectivity index is 2.07. The number of ether oxygens (including phenoxy) is 2. The van der Waals surface area contributed by atoms with E-state index in [1.165, 1.54) is 30.6 Å². The van der Waals surface area contributed by atoms with Gasteiger partial charge in [0, 0.05) is 0 Å². The van der Waals surface area contributed by atoms with Crippen LogP contribution in [0.25, 0.3) is 6.08 Å². The van der Waals surface area contributed by atoms with Gasteiger partial charge in [0.25, 0.3) is 5.91 Å². The first-order valence-corrected chi connectivity index (χ1v) is 12.8. The van der Waals surface area contributed by atoms with Gasteiger partial charge in [-0.2, -0.15) is 0 Å². The van der Waals surface area contributed by atoms with Gasteiger partial charge in [-0.1, -0.05) is 82.9 Å². The van der Waals surface area contributed by atoms with E-state index in [-0.39, 0.29) is 16.1 Å². The van der Waals surface area contributed by atoms with Crippen LogP contribution in [0.1, 0.15) is 71.3 Å². The number of hydrogen-bond acceptors (Lipinski definition) is 6. The van der Waals surface area contributed by atoms with Crippen molar-refractivity contribution in [1.29, 1.82) is 0 Å². The van der Waals surface area contributed by atoms with Crippen molar-refractivity contribution in [3.05, 3.63) is 28.7 Å². The molecule has 6 nitrogen and oxygen atoms in total. The van der Waals surface area contributed by atoms with E-state index >= 15 is 0 Å². The summed E-state index contributed by atoms with van der Waals surface area (Å²) in [6, 6.07) is 4.54. The molecule has 0 saturated carbocycles. The van der Waals surface area contributed by atoms with Gasteiger partial charge in [0.05, 0.1) is 18.6 Å². The van der Waals surface area contributed by atoms with E-state index in [4.69, 9.17) is 21.7 Å². The average Bonchev–Trinajstić information content (AvgIpc) is 3.04. The molecule has 1 saturated heterocycles. The molecule has 0 radical (unpaired) electrons. The highest BCUT2D eigenvalue weighted by atomic mass is 32.2. The molecule has 0 spiro atoms. The molecule has 2 rings (SSSR count). The van der Waals surface area contributed by atoms with Crippen molar-refractivity contribution in [1.82, 2.24) is 4.90 Å². The number of amides is 1. The van der Waals surface area contributed by atoms with E-state index in [9.17, 15) is 14.7 Å². The van der Waals surface area contributed by atoms with Crippen molar-refractivity contribution in [2.75, 3.05) is 13.7 Å². The molecule has 1 heterocycles. The number of rotatable bonds is 14. The Labute approximate surface area is 206 Å². The second-order valence-corrected chi connectivity index (χ2v) is 10.2. The molecule has 1 N–H and O–H groups in total. The maximum atomic E-state index is 13.0. The second-order valence-electron chi connectivity index (χ2n) is 8.56. The number of aliphatic carboxylic acids is 1. The zero-order chi connectivity index (χ0) is 24.4. The number of thiocarbonyl (C=S) groups is 1. The molecule has 1 aromatic rings. The summed E-state index contributed by atoms with van der Waals surface area (Å²) in [6.07, 6.45) is 9.22. The highest BCUT2D eigenvalue weighted by Gasteiger charge is 2.40. The van der Waals surface area contributed by atoms with E-state index < -0.39 is 12.0 Å². The lowest BCUT2D eigenvalue weighted by atomic mass is 10.0. The van der Waals surface area contributed by atoms with Crippen LogP contribution in [0.5, 0.6) is 11.5 Å². The zero-order valence-corrected chi connectivity index (χ0v) is 21.6. The van der Waals surface area contributed by atoms with E-state index in [2.05, 4.69) is 6.92 Å². The van der Waals surface area contributed by atoms with Gasteiger partial charge in [-0.3, -0.25) is 9.69 Å². The normalized spacial score (nSPS) is 16.0. The number of unbranched alkanes of at least 4 members (excludes halogenated alkanes) is 5. The third-order valence-electron chi connectivity index (χ3n) is 5.36. The van der Waals surface area contributed by atoms with E-state index in [0.29, 0.717) is 29.4 Å². The van der Waals surface area contributed by atoms with Gasteiger partial charge in [-0.15, -0.1) is 0 Å². The summed E-state index contributed by atoms with van der Waals surface area (Å²) in [4.78, 5) is 26.4. The lowest BCUT2D eigenvalue weighted by molar-refractivity contribution is -0.145. The van der Waals surface area contributed by atoms with Crippen LogP contribution in [0, 0.1) is 5.92 Å². The van der Waals surface area contributed by atoms with Crippen LogP contribution >= 0.6 is 24.0 Å². The molecule has 1 aliphatic heterocycles. The molecule has 1 amide bonds. The molecular formula is C25H35NO5S2. The highest BCUT2D eigenvalue weighted by Crippen LogP contribution is 2.36. The number of hydrogen-bond donors (Lipinski definition) is 1. The van der Waals surface area contributed by atoms with Crippen molar-refractivity contribution in [3.8, 4) is 11.5 Å². The molecule has 1 atom stereocenters. The van der Waals surface area contributed by atoms with E-state index in [1.54, 1.807) is 13.2 Å². The molecule has 0 bridgehead atoms. The highest BCUT2D eigenvalue weighted by molar-refractivity contribution is 8.26. The van der Waals surface area contributed by atoms with Crippen LogP contribution in [0.4, 0.5) is 0 Å². The minimum absolute atomic E-state index is 0.118. The summed E-state index contributed by atoms with van der Waals surface area (Å²) in [7, 11) is 1.58. The Bertz CT molecular complexity index is 868. The first-order chi connectivity index (χ1) is 15.8. The van der Waals surface area contributed by atoms with Gasteiger partial charge < -0.3 is 14.6 Å². The Morgan fingerprint density at radius 1 is 1.18 bits per heavy atom. The number of carbonyl (C=O) groups is 2. The first kappa shape index (κ1) is 27.2.